The molecule has 1 atom stereocenters. The predicted molar refractivity (Wildman–Crippen MR) is 127 cm³/mol. The summed E-state index contributed by atoms with van der Waals surface area (Å²) in [5.41, 5.74) is 0.440. The van der Waals surface area contributed by atoms with E-state index in [0.717, 1.165) is 5.56 Å². The zero-order chi connectivity index (χ0) is 24.2. The summed E-state index contributed by atoms with van der Waals surface area (Å²) in [6, 6.07) is 12.8. The molecule has 8 heteroatoms. The number of carbonyl (C=O) groups excluding carboxylic acids is 2. The van der Waals surface area contributed by atoms with E-state index < -0.39 is 29.3 Å². The molecule has 0 radical (unpaired) electrons. The molecule has 2 aromatic carbocycles. The van der Waals surface area contributed by atoms with E-state index in [-0.39, 0.29) is 16.4 Å². The highest BCUT2D eigenvalue weighted by molar-refractivity contribution is 6.33. The Morgan fingerprint density at radius 1 is 1.12 bits per heavy atom. The first-order valence-corrected chi connectivity index (χ1v) is 11.0. The molecule has 7 nitrogen and oxygen atoms in total. The van der Waals surface area contributed by atoms with Crippen LogP contribution in [0.15, 0.2) is 57.7 Å². The molecule has 0 bridgehead atoms. The van der Waals surface area contributed by atoms with Gasteiger partial charge in [0.25, 0.3) is 0 Å². The normalized spacial score (nSPS) is 12.3. The third kappa shape index (κ3) is 6.35. The number of hydrogen-bond acceptors (Lipinski definition) is 6. The van der Waals surface area contributed by atoms with Crippen molar-refractivity contribution in [3.05, 3.63) is 64.0 Å². The molecule has 0 spiro atoms. The monoisotopic (exact) mass is 471 g/mol. The topological polar surface area (TPSA) is 94.8 Å². The maximum atomic E-state index is 12.8. The van der Waals surface area contributed by atoms with Crippen LogP contribution in [-0.4, -0.2) is 23.7 Å². The van der Waals surface area contributed by atoms with Crippen LogP contribution in [0.3, 0.4) is 0 Å². The van der Waals surface area contributed by atoms with Gasteiger partial charge in [-0.05, 0) is 44.4 Å². The van der Waals surface area contributed by atoms with Crippen LogP contribution in [0.5, 0.6) is 5.75 Å². The van der Waals surface area contributed by atoms with E-state index in [2.05, 4.69) is 5.32 Å². The standard InChI is InChI=1S/C25H26ClNO6/c1-5-9-19(27-24(30)33-25(2,3)4)23(29)32-21-14-20-17(12-18(21)26)16(13-22(28)31-20)15-10-7-6-8-11-15/h6-8,10-14,19H,5,9H2,1-4H3,(H,27,30). The highest BCUT2D eigenvalue weighted by atomic mass is 35.5. The number of amides is 1. The summed E-state index contributed by atoms with van der Waals surface area (Å²) in [6.07, 6.45) is 0.244. The van der Waals surface area contributed by atoms with Gasteiger partial charge in [-0.15, -0.1) is 0 Å². The maximum Gasteiger partial charge on any atom is 0.408 e. The number of carbonyl (C=O) groups is 2. The van der Waals surface area contributed by atoms with Gasteiger partial charge in [0.1, 0.15) is 17.2 Å². The van der Waals surface area contributed by atoms with E-state index in [4.69, 9.17) is 25.5 Å². The molecule has 1 amide bonds. The quantitative estimate of drug-likeness (QED) is 0.281. The summed E-state index contributed by atoms with van der Waals surface area (Å²) in [5, 5.41) is 3.30. The first-order chi connectivity index (χ1) is 15.6. The number of nitrogens with one attached hydrogen (secondary N) is 1. The Hall–Kier alpha value is -3.32. The molecule has 1 heterocycles. The van der Waals surface area contributed by atoms with Crippen LogP contribution in [0.1, 0.15) is 40.5 Å². The third-order valence-corrected chi connectivity index (χ3v) is 4.94. The molecule has 0 saturated carbocycles. The van der Waals surface area contributed by atoms with Gasteiger partial charge in [0.05, 0.1) is 5.02 Å². The van der Waals surface area contributed by atoms with Crippen LogP contribution >= 0.6 is 11.6 Å². The average Bonchev–Trinajstić information content (AvgIpc) is 2.73. The van der Waals surface area contributed by atoms with Crippen molar-refractivity contribution in [2.24, 2.45) is 0 Å². The van der Waals surface area contributed by atoms with Crippen molar-refractivity contribution in [2.45, 2.75) is 52.2 Å². The van der Waals surface area contributed by atoms with Crippen molar-refractivity contribution in [1.82, 2.24) is 5.32 Å². The van der Waals surface area contributed by atoms with Gasteiger partial charge in [-0.25, -0.2) is 14.4 Å². The van der Waals surface area contributed by atoms with Crippen LogP contribution in [0.4, 0.5) is 4.79 Å². The molecule has 3 rings (SSSR count). The first-order valence-electron chi connectivity index (χ1n) is 10.6. The Balaban J connectivity index is 1.90. The van der Waals surface area contributed by atoms with Crippen LogP contribution < -0.4 is 15.7 Å². The van der Waals surface area contributed by atoms with Crippen molar-refractivity contribution >= 4 is 34.6 Å². The summed E-state index contributed by atoms with van der Waals surface area (Å²) < 4.78 is 16.0. The lowest BCUT2D eigenvalue weighted by Crippen LogP contribution is -2.45. The number of alkyl carbamates (subject to hydrolysis) is 1. The molecule has 0 saturated heterocycles. The number of hydrogen-bond donors (Lipinski definition) is 1. The lowest BCUT2D eigenvalue weighted by molar-refractivity contribution is -0.137. The minimum atomic E-state index is -0.931. The fraction of sp³-hybridized carbons (Fsp3) is 0.320. The molecule has 0 aliphatic rings. The second-order valence-electron chi connectivity index (χ2n) is 8.53. The zero-order valence-corrected chi connectivity index (χ0v) is 19.7. The minimum Gasteiger partial charge on any atom is -0.444 e. The molecule has 1 N–H and O–H groups in total. The van der Waals surface area contributed by atoms with Crippen molar-refractivity contribution < 1.29 is 23.5 Å². The Labute approximate surface area is 196 Å². The number of esters is 1. The predicted octanol–water partition coefficient (Wildman–Crippen LogP) is 5.71. The zero-order valence-electron chi connectivity index (χ0n) is 18.9. The third-order valence-electron chi connectivity index (χ3n) is 4.65. The minimum absolute atomic E-state index is 0.0228. The second-order valence-corrected chi connectivity index (χ2v) is 8.94. The van der Waals surface area contributed by atoms with Crippen molar-refractivity contribution in [2.75, 3.05) is 0 Å². The van der Waals surface area contributed by atoms with E-state index in [9.17, 15) is 14.4 Å². The van der Waals surface area contributed by atoms with Gasteiger partial charge in [-0.3, -0.25) is 0 Å². The smallest absolute Gasteiger partial charge is 0.408 e. The van der Waals surface area contributed by atoms with Gasteiger partial charge in [0.2, 0.25) is 0 Å². The van der Waals surface area contributed by atoms with Crippen LogP contribution in [0.25, 0.3) is 22.1 Å². The Bertz CT molecular complexity index is 1210. The molecular weight excluding hydrogens is 446 g/mol. The summed E-state index contributed by atoms with van der Waals surface area (Å²) in [7, 11) is 0. The van der Waals surface area contributed by atoms with Gasteiger partial charge in [0.15, 0.2) is 5.75 Å². The lowest BCUT2D eigenvalue weighted by Gasteiger charge is -2.22. The van der Waals surface area contributed by atoms with Gasteiger partial charge in [0, 0.05) is 17.5 Å². The number of fused-ring (bicyclic) bond motifs is 1. The number of benzene rings is 2. The molecule has 3 aromatic rings. The largest absolute Gasteiger partial charge is 0.444 e. The van der Waals surface area contributed by atoms with Gasteiger partial charge >= 0.3 is 17.7 Å². The van der Waals surface area contributed by atoms with Crippen molar-refractivity contribution in [3.8, 4) is 16.9 Å². The summed E-state index contributed by atoms with van der Waals surface area (Å²) in [5.74, 6) is -0.680. The molecule has 0 aliphatic carbocycles. The lowest BCUT2D eigenvalue weighted by atomic mass is 10.0. The van der Waals surface area contributed by atoms with E-state index in [1.807, 2.05) is 37.3 Å². The highest BCUT2D eigenvalue weighted by Gasteiger charge is 2.26. The van der Waals surface area contributed by atoms with E-state index in [1.54, 1.807) is 26.8 Å². The molecule has 174 valence electrons. The van der Waals surface area contributed by atoms with Crippen LogP contribution in [0.2, 0.25) is 5.02 Å². The van der Waals surface area contributed by atoms with E-state index in [0.29, 0.717) is 23.8 Å². The van der Waals surface area contributed by atoms with Gasteiger partial charge in [-0.1, -0.05) is 55.3 Å². The fourth-order valence-corrected chi connectivity index (χ4v) is 3.47. The summed E-state index contributed by atoms with van der Waals surface area (Å²) in [6.45, 7) is 7.06. The first kappa shape index (κ1) is 24.3. The average molecular weight is 472 g/mol. The number of halogens is 1. The number of rotatable bonds is 6. The summed E-state index contributed by atoms with van der Waals surface area (Å²) in [4.78, 5) is 37.1. The Morgan fingerprint density at radius 3 is 2.45 bits per heavy atom. The SMILES string of the molecule is CCCC(NC(=O)OC(C)(C)C)C(=O)Oc1cc2oc(=O)cc(-c3ccccc3)c2cc1Cl. The molecule has 0 fully saturated rings. The molecule has 33 heavy (non-hydrogen) atoms. The Kier molecular flexibility index (Phi) is 7.43. The maximum absolute atomic E-state index is 12.8. The van der Waals surface area contributed by atoms with Gasteiger partial charge in [-0.2, -0.15) is 0 Å². The summed E-state index contributed by atoms with van der Waals surface area (Å²) >= 11 is 6.41. The van der Waals surface area contributed by atoms with Crippen molar-refractivity contribution in [3.63, 3.8) is 0 Å². The van der Waals surface area contributed by atoms with E-state index >= 15 is 0 Å². The van der Waals surface area contributed by atoms with Gasteiger partial charge < -0.3 is 19.2 Å². The number of ether oxygens (including phenoxy) is 2. The van der Waals surface area contributed by atoms with Crippen molar-refractivity contribution in [1.29, 1.82) is 0 Å². The highest BCUT2D eigenvalue weighted by Crippen LogP contribution is 2.35. The molecule has 1 unspecified atom stereocenters. The Morgan fingerprint density at radius 2 is 1.82 bits per heavy atom. The molecule has 1 aromatic heterocycles. The van der Waals surface area contributed by atoms with Crippen LogP contribution in [0, 0.1) is 0 Å². The fourth-order valence-electron chi connectivity index (χ4n) is 3.26. The molecular formula is C25H26ClNO6. The second kappa shape index (κ2) is 10.1. The molecule has 0 aliphatic heterocycles. The van der Waals surface area contributed by atoms with E-state index in [1.165, 1.54) is 12.1 Å². The van der Waals surface area contributed by atoms with Crippen LogP contribution in [-0.2, 0) is 9.53 Å².